The van der Waals surface area contributed by atoms with Gasteiger partial charge in [0.15, 0.2) is 5.82 Å². The fourth-order valence-electron chi connectivity index (χ4n) is 1.22. The topological polar surface area (TPSA) is 73.8 Å². The number of aromatic nitrogens is 3. The SMILES string of the molecule is Cn1nc(N)c2cnccc2c1=O. The molecule has 2 rings (SSSR count). The lowest BCUT2D eigenvalue weighted by atomic mass is 10.2. The lowest BCUT2D eigenvalue weighted by Gasteiger charge is -2.02. The van der Waals surface area contributed by atoms with Gasteiger partial charge in [-0.3, -0.25) is 9.78 Å². The van der Waals surface area contributed by atoms with Gasteiger partial charge in [0.05, 0.1) is 5.39 Å². The van der Waals surface area contributed by atoms with E-state index in [2.05, 4.69) is 10.1 Å². The summed E-state index contributed by atoms with van der Waals surface area (Å²) >= 11 is 0. The smallest absolute Gasteiger partial charge is 0.274 e. The molecule has 2 aromatic heterocycles. The first-order valence-corrected chi connectivity index (χ1v) is 3.76. The van der Waals surface area contributed by atoms with E-state index in [-0.39, 0.29) is 5.56 Å². The Kier molecular flexibility index (Phi) is 1.51. The van der Waals surface area contributed by atoms with E-state index >= 15 is 0 Å². The number of rotatable bonds is 0. The monoisotopic (exact) mass is 176 g/mol. The third-order valence-electron chi connectivity index (χ3n) is 1.88. The van der Waals surface area contributed by atoms with Crippen molar-refractivity contribution in [1.29, 1.82) is 0 Å². The molecule has 66 valence electrons. The fourth-order valence-corrected chi connectivity index (χ4v) is 1.22. The Morgan fingerprint density at radius 3 is 3.00 bits per heavy atom. The number of fused-ring (bicyclic) bond motifs is 1. The Morgan fingerprint density at radius 1 is 1.46 bits per heavy atom. The Labute approximate surface area is 73.8 Å². The van der Waals surface area contributed by atoms with Crippen LogP contribution >= 0.6 is 0 Å². The van der Waals surface area contributed by atoms with Crippen LogP contribution in [0.4, 0.5) is 5.82 Å². The molecular weight excluding hydrogens is 168 g/mol. The molecule has 0 saturated carbocycles. The van der Waals surface area contributed by atoms with E-state index in [0.717, 1.165) is 0 Å². The summed E-state index contributed by atoms with van der Waals surface area (Å²) in [5.41, 5.74) is 5.45. The summed E-state index contributed by atoms with van der Waals surface area (Å²) < 4.78 is 1.22. The summed E-state index contributed by atoms with van der Waals surface area (Å²) in [6, 6.07) is 1.63. The number of hydrogen-bond donors (Lipinski definition) is 1. The van der Waals surface area contributed by atoms with E-state index in [1.54, 1.807) is 25.5 Å². The molecule has 0 bridgehead atoms. The first kappa shape index (κ1) is 7.72. The van der Waals surface area contributed by atoms with Crippen LogP contribution in [-0.2, 0) is 7.05 Å². The second-order valence-corrected chi connectivity index (χ2v) is 2.74. The highest BCUT2D eigenvalue weighted by Gasteiger charge is 2.04. The predicted octanol–water partition coefficient (Wildman–Crippen LogP) is -0.0893. The number of anilines is 1. The molecule has 0 aliphatic rings. The Balaban J connectivity index is 3.06. The molecule has 2 aromatic rings. The number of pyridine rings is 1. The molecule has 0 saturated heterocycles. The molecule has 0 radical (unpaired) electrons. The molecule has 0 amide bonds. The molecule has 0 fully saturated rings. The second-order valence-electron chi connectivity index (χ2n) is 2.74. The van der Waals surface area contributed by atoms with Gasteiger partial charge in [-0.1, -0.05) is 0 Å². The van der Waals surface area contributed by atoms with Crippen LogP contribution in [0.1, 0.15) is 0 Å². The molecular formula is C8H8N4O. The van der Waals surface area contributed by atoms with E-state index in [1.165, 1.54) is 4.68 Å². The third-order valence-corrected chi connectivity index (χ3v) is 1.88. The first-order valence-electron chi connectivity index (χ1n) is 3.76. The van der Waals surface area contributed by atoms with Crippen molar-refractivity contribution in [3.63, 3.8) is 0 Å². The molecule has 13 heavy (non-hydrogen) atoms. The normalized spacial score (nSPS) is 10.5. The van der Waals surface area contributed by atoms with Crippen molar-refractivity contribution in [3.8, 4) is 0 Å². The zero-order valence-corrected chi connectivity index (χ0v) is 7.06. The zero-order chi connectivity index (χ0) is 9.42. The lowest BCUT2D eigenvalue weighted by molar-refractivity contribution is 0.724. The highest BCUT2D eigenvalue weighted by atomic mass is 16.1. The largest absolute Gasteiger partial charge is 0.382 e. The van der Waals surface area contributed by atoms with Crippen LogP contribution in [0.15, 0.2) is 23.3 Å². The van der Waals surface area contributed by atoms with Gasteiger partial charge in [0.1, 0.15) is 0 Å². The molecule has 2 heterocycles. The Bertz CT molecular complexity index is 517. The number of nitrogens with two attached hydrogens (primary N) is 1. The number of nitrogen functional groups attached to an aromatic ring is 1. The van der Waals surface area contributed by atoms with Gasteiger partial charge in [0, 0.05) is 24.8 Å². The number of nitrogens with zero attached hydrogens (tertiary/aromatic N) is 3. The summed E-state index contributed by atoms with van der Waals surface area (Å²) in [6.45, 7) is 0. The maximum Gasteiger partial charge on any atom is 0.274 e. The summed E-state index contributed by atoms with van der Waals surface area (Å²) in [4.78, 5) is 15.4. The van der Waals surface area contributed by atoms with Gasteiger partial charge in [-0.2, -0.15) is 5.10 Å². The summed E-state index contributed by atoms with van der Waals surface area (Å²) in [6.07, 6.45) is 3.10. The standard InChI is InChI=1S/C8H8N4O/c1-12-8(13)5-2-3-10-4-6(5)7(9)11-12/h2-4H,1H3,(H2,9,11). The third kappa shape index (κ3) is 1.05. The van der Waals surface area contributed by atoms with Crippen LogP contribution in [0.3, 0.4) is 0 Å². The predicted molar refractivity (Wildman–Crippen MR) is 49.2 cm³/mol. The van der Waals surface area contributed by atoms with E-state index < -0.39 is 0 Å². The minimum Gasteiger partial charge on any atom is -0.382 e. The average molecular weight is 176 g/mol. The van der Waals surface area contributed by atoms with Gasteiger partial charge in [-0.25, -0.2) is 4.68 Å². The minimum atomic E-state index is -0.161. The van der Waals surface area contributed by atoms with E-state index in [0.29, 0.717) is 16.6 Å². The van der Waals surface area contributed by atoms with Gasteiger partial charge >= 0.3 is 0 Å². The maximum atomic E-state index is 11.5. The first-order chi connectivity index (χ1) is 6.20. The van der Waals surface area contributed by atoms with Crippen molar-refractivity contribution in [3.05, 3.63) is 28.8 Å². The van der Waals surface area contributed by atoms with E-state index in [9.17, 15) is 4.79 Å². The van der Waals surface area contributed by atoms with E-state index in [4.69, 9.17) is 5.73 Å². The molecule has 0 aliphatic carbocycles. The highest BCUT2D eigenvalue weighted by molar-refractivity contribution is 5.88. The summed E-state index contributed by atoms with van der Waals surface area (Å²) in [7, 11) is 1.57. The molecule has 0 spiro atoms. The van der Waals surface area contributed by atoms with Crippen LogP contribution in [0.5, 0.6) is 0 Å². The van der Waals surface area contributed by atoms with Gasteiger partial charge in [-0.15, -0.1) is 0 Å². The van der Waals surface area contributed by atoms with Gasteiger partial charge in [0.2, 0.25) is 0 Å². The van der Waals surface area contributed by atoms with Gasteiger partial charge in [-0.05, 0) is 6.07 Å². The lowest BCUT2D eigenvalue weighted by Crippen LogP contribution is -2.21. The highest BCUT2D eigenvalue weighted by Crippen LogP contribution is 2.11. The van der Waals surface area contributed by atoms with Crippen molar-refractivity contribution >= 4 is 16.6 Å². The molecule has 5 nitrogen and oxygen atoms in total. The molecule has 0 aromatic carbocycles. The van der Waals surface area contributed by atoms with Gasteiger partial charge < -0.3 is 5.73 Å². The van der Waals surface area contributed by atoms with Crippen LogP contribution < -0.4 is 11.3 Å². The van der Waals surface area contributed by atoms with Gasteiger partial charge in [0.25, 0.3) is 5.56 Å². The van der Waals surface area contributed by atoms with Crippen LogP contribution in [0.2, 0.25) is 0 Å². The van der Waals surface area contributed by atoms with Crippen molar-refractivity contribution < 1.29 is 0 Å². The van der Waals surface area contributed by atoms with Crippen molar-refractivity contribution in [2.45, 2.75) is 0 Å². The fraction of sp³-hybridized carbons (Fsp3) is 0.125. The number of aryl methyl sites for hydroxylation is 1. The molecule has 2 N–H and O–H groups in total. The maximum absolute atomic E-state index is 11.5. The quantitative estimate of drug-likeness (QED) is 0.608. The molecule has 0 aliphatic heterocycles. The molecule has 0 unspecified atom stereocenters. The van der Waals surface area contributed by atoms with E-state index in [1.807, 2.05) is 0 Å². The Hall–Kier alpha value is -1.91. The molecule has 5 heteroatoms. The zero-order valence-electron chi connectivity index (χ0n) is 7.06. The number of hydrogen-bond acceptors (Lipinski definition) is 4. The van der Waals surface area contributed by atoms with Crippen LogP contribution in [0.25, 0.3) is 10.8 Å². The van der Waals surface area contributed by atoms with Crippen LogP contribution in [0, 0.1) is 0 Å². The van der Waals surface area contributed by atoms with Crippen molar-refractivity contribution in [2.24, 2.45) is 7.05 Å². The van der Waals surface area contributed by atoms with Crippen molar-refractivity contribution in [1.82, 2.24) is 14.8 Å². The second kappa shape index (κ2) is 2.55. The summed E-state index contributed by atoms with van der Waals surface area (Å²) in [5.74, 6) is 0.324. The minimum absolute atomic E-state index is 0.161. The summed E-state index contributed by atoms with van der Waals surface area (Å²) in [5, 5.41) is 4.99. The van der Waals surface area contributed by atoms with Crippen molar-refractivity contribution in [2.75, 3.05) is 5.73 Å². The van der Waals surface area contributed by atoms with Crippen LogP contribution in [-0.4, -0.2) is 14.8 Å². The average Bonchev–Trinajstić information content (AvgIpc) is 2.15. The Morgan fingerprint density at radius 2 is 2.23 bits per heavy atom. The molecule has 0 atom stereocenters.